The molecule has 19 heavy (non-hydrogen) atoms. The van der Waals surface area contributed by atoms with Crippen LogP contribution in [0.2, 0.25) is 0 Å². The van der Waals surface area contributed by atoms with Gasteiger partial charge in [0.2, 0.25) is 5.91 Å². The zero-order valence-electron chi connectivity index (χ0n) is 12.4. The molecule has 0 aliphatic heterocycles. The average molecular weight is 264 g/mol. The minimum Gasteiger partial charge on any atom is -0.374 e. The van der Waals surface area contributed by atoms with Gasteiger partial charge in [0, 0.05) is 30.0 Å². The van der Waals surface area contributed by atoms with Gasteiger partial charge in [-0.1, -0.05) is 0 Å². The molecule has 5 heteroatoms. The number of nitrogens with one attached hydrogen (secondary N) is 3. The Labute approximate surface area is 115 Å². The first-order chi connectivity index (χ1) is 8.81. The van der Waals surface area contributed by atoms with E-state index in [1.165, 1.54) is 0 Å². The third-order valence-electron chi connectivity index (χ3n) is 2.39. The number of aromatic nitrogens is 1. The second-order valence-corrected chi connectivity index (χ2v) is 5.57. The molecule has 1 amide bonds. The van der Waals surface area contributed by atoms with Gasteiger partial charge in [-0.05, 0) is 40.7 Å². The van der Waals surface area contributed by atoms with E-state index >= 15 is 0 Å². The molecule has 0 radical (unpaired) electrons. The van der Waals surface area contributed by atoms with Crippen molar-refractivity contribution in [1.82, 2.24) is 10.3 Å². The topological polar surface area (TPSA) is 66.0 Å². The van der Waals surface area contributed by atoms with E-state index in [0.29, 0.717) is 0 Å². The van der Waals surface area contributed by atoms with E-state index < -0.39 is 0 Å². The van der Waals surface area contributed by atoms with Gasteiger partial charge in [-0.2, -0.15) is 0 Å². The van der Waals surface area contributed by atoms with Crippen LogP contribution in [0.1, 0.15) is 34.6 Å². The maximum absolute atomic E-state index is 12.0. The van der Waals surface area contributed by atoms with Crippen LogP contribution in [-0.4, -0.2) is 29.0 Å². The Bertz CT molecular complexity index is 426. The van der Waals surface area contributed by atoms with Crippen molar-refractivity contribution in [2.45, 2.75) is 46.2 Å². The normalized spacial score (nSPS) is 12.7. The van der Waals surface area contributed by atoms with Crippen LogP contribution in [0.4, 0.5) is 11.5 Å². The number of hydrogen-bond acceptors (Lipinski definition) is 4. The monoisotopic (exact) mass is 264 g/mol. The fourth-order valence-corrected chi connectivity index (χ4v) is 1.59. The third kappa shape index (κ3) is 5.59. The van der Waals surface area contributed by atoms with Gasteiger partial charge in [0.1, 0.15) is 11.9 Å². The van der Waals surface area contributed by atoms with Crippen LogP contribution in [-0.2, 0) is 4.79 Å². The first-order valence-corrected chi connectivity index (χ1v) is 6.60. The summed E-state index contributed by atoms with van der Waals surface area (Å²) < 4.78 is 0. The van der Waals surface area contributed by atoms with Crippen molar-refractivity contribution in [2.75, 3.05) is 17.2 Å². The molecule has 1 atom stereocenters. The van der Waals surface area contributed by atoms with Gasteiger partial charge in [0.25, 0.3) is 0 Å². The maximum atomic E-state index is 12.0. The number of pyridine rings is 1. The lowest BCUT2D eigenvalue weighted by atomic mass is 10.1. The second kappa shape index (κ2) is 6.41. The summed E-state index contributed by atoms with van der Waals surface area (Å²) in [6.07, 6.45) is 1.72. The SMILES string of the molecule is CCNc1cc(NC(C)C(=O)NC(C)(C)C)ccn1. The van der Waals surface area contributed by atoms with Crippen LogP contribution in [0.25, 0.3) is 0 Å². The van der Waals surface area contributed by atoms with Crippen molar-refractivity contribution >= 4 is 17.4 Å². The van der Waals surface area contributed by atoms with Crippen molar-refractivity contribution in [1.29, 1.82) is 0 Å². The molecule has 0 aliphatic carbocycles. The van der Waals surface area contributed by atoms with Crippen LogP contribution < -0.4 is 16.0 Å². The van der Waals surface area contributed by atoms with Gasteiger partial charge in [-0.3, -0.25) is 4.79 Å². The van der Waals surface area contributed by atoms with E-state index in [1.54, 1.807) is 6.20 Å². The minimum absolute atomic E-state index is 0.0192. The van der Waals surface area contributed by atoms with Crippen molar-refractivity contribution in [3.63, 3.8) is 0 Å². The Morgan fingerprint density at radius 3 is 2.68 bits per heavy atom. The first kappa shape index (κ1) is 15.3. The molecule has 1 unspecified atom stereocenters. The summed E-state index contributed by atoms with van der Waals surface area (Å²) in [6, 6.07) is 3.45. The number of nitrogens with zero attached hydrogens (tertiary/aromatic N) is 1. The lowest BCUT2D eigenvalue weighted by Crippen LogP contribution is -2.47. The van der Waals surface area contributed by atoms with Crippen LogP contribution in [0, 0.1) is 0 Å². The smallest absolute Gasteiger partial charge is 0.242 e. The van der Waals surface area contributed by atoms with Crippen LogP contribution >= 0.6 is 0 Å². The molecule has 0 saturated heterocycles. The van der Waals surface area contributed by atoms with Gasteiger partial charge in [-0.25, -0.2) is 4.98 Å². The molecule has 5 nitrogen and oxygen atoms in total. The molecule has 1 rings (SSSR count). The lowest BCUT2D eigenvalue weighted by molar-refractivity contribution is -0.122. The highest BCUT2D eigenvalue weighted by molar-refractivity contribution is 5.84. The fourth-order valence-electron chi connectivity index (χ4n) is 1.59. The van der Waals surface area contributed by atoms with E-state index in [1.807, 2.05) is 46.8 Å². The molecule has 1 aromatic heterocycles. The number of hydrogen-bond donors (Lipinski definition) is 3. The van der Waals surface area contributed by atoms with E-state index in [9.17, 15) is 4.79 Å². The molecule has 0 saturated carbocycles. The fraction of sp³-hybridized carbons (Fsp3) is 0.571. The third-order valence-corrected chi connectivity index (χ3v) is 2.39. The predicted octanol–water partition coefficient (Wildman–Crippen LogP) is 2.23. The van der Waals surface area contributed by atoms with Crippen molar-refractivity contribution in [2.24, 2.45) is 0 Å². The molecule has 0 spiro atoms. The standard InChI is InChI=1S/C14H24N4O/c1-6-15-12-9-11(7-8-16-12)17-10(2)13(19)18-14(3,4)5/h7-10H,6H2,1-5H3,(H,18,19)(H2,15,16,17). The Balaban J connectivity index is 2.63. The Morgan fingerprint density at radius 1 is 1.42 bits per heavy atom. The summed E-state index contributed by atoms with van der Waals surface area (Å²) in [5.74, 6) is 0.783. The van der Waals surface area contributed by atoms with Gasteiger partial charge >= 0.3 is 0 Å². The van der Waals surface area contributed by atoms with E-state index in [0.717, 1.165) is 18.1 Å². The number of carbonyl (C=O) groups is 1. The second-order valence-electron chi connectivity index (χ2n) is 5.57. The van der Waals surface area contributed by atoms with Gasteiger partial charge < -0.3 is 16.0 Å². The molecular formula is C14H24N4O. The summed E-state index contributed by atoms with van der Waals surface area (Å²) in [4.78, 5) is 16.2. The summed E-state index contributed by atoms with van der Waals surface area (Å²) >= 11 is 0. The molecule has 1 aromatic rings. The van der Waals surface area contributed by atoms with E-state index in [2.05, 4.69) is 20.9 Å². The Kier molecular flexibility index (Phi) is 5.15. The Hall–Kier alpha value is -1.78. The zero-order chi connectivity index (χ0) is 14.5. The largest absolute Gasteiger partial charge is 0.374 e. The van der Waals surface area contributed by atoms with Crippen molar-refractivity contribution in [3.8, 4) is 0 Å². The minimum atomic E-state index is -0.295. The summed E-state index contributed by atoms with van der Waals surface area (Å²) in [5, 5.41) is 9.25. The average Bonchev–Trinajstić information content (AvgIpc) is 2.27. The molecule has 0 aliphatic rings. The first-order valence-electron chi connectivity index (χ1n) is 6.60. The Morgan fingerprint density at radius 2 is 2.11 bits per heavy atom. The van der Waals surface area contributed by atoms with Crippen LogP contribution in [0.15, 0.2) is 18.3 Å². The van der Waals surface area contributed by atoms with Crippen molar-refractivity contribution < 1.29 is 4.79 Å². The summed E-state index contributed by atoms with van der Waals surface area (Å²) in [5.41, 5.74) is 0.655. The molecular weight excluding hydrogens is 240 g/mol. The van der Waals surface area contributed by atoms with Crippen LogP contribution in [0.3, 0.4) is 0 Å². The van der Waals surface area contributed by atoms with Gasteiger partial charge in [0.15, 0.2) is 0 Å². The maximum Gasteiger partial charge on any atom is 0.242 e. The lowest BCUT2D eigenvalue weighted by Gasteiger charge is -2.24. The van der Waals surface area contributed by atoms with E-state index in [-0.39, 0.29) is 17.5 Å². The summed E-state index contributed by atoms with van der Waals surface area (Å²) in [7, 11) is 0. The number of anilines is 2. The van der Waals surface area contributed by atoms with Crippen molar-refractivity contribution in [3.05, 3.63) is 18.3 Å². The molecule has 106 valence electrons. The number of rotatable bonds is 5. The number of carbonyl (C=O) groups excluding carboxylic acids is 1. The van der Waals surface area contributed by atoms with E-state index in [4.69, 9.17) is 0 Å². The predicted molar refractivity (Wildman–Crippen MR) is 79.4 cm³/mol. The molecule has 3 N–H and O–H groups in total. The quantitative estimate of drug-likeness (QED) is 0.763. The van der Waals surface area contributed by atoms with Gasteiger partial charge in [-0.15, -0.1) is 0 Å². The molecule has 0 aromatic carbocycles. The number of amides is 1. The molecule has 0 fully saturated rings. The highest BCUT2D eigenvalue weighted by Gasteiger charge is 2.19. The molecule has 1 heterocycles. The highest BCUT2D eigenvalue weighted by atomic mass is 16.2. The zero-order valence-corrected chi connectivity index (χ0v) is 12.4. The highest BCUT2D eigenvalue weighted by Crippen LogP contribution is 2.13. The molecule has 0 bridgehead atoms. The van der Waals surface area contributed by atoms with Gasteiger partial charge in [0.05, 0.1) is 0 Å². The summed E-state index contributed by atoms with van der Waals surface area (Å²) in [6.45, 7) is 10.6. The van der Waals surface area contributed by atoms with Crippen LogP contribution in [0.5, 0.6) is 0 Å².